The van der Waals surface area contributed by atoms with Gasteiger partial charge in [-0.25, -0.2) is 0 Å². The van der Waals surface area contributed by atoms with Gasteiger partial charge in [-0.3, -0.25) is 9.59 Å². The molecule has 3 rings (SSSR count). The summed E-state index contributed by atoms with van der Waals surface area (Å²) in [5.74, 6) is -0.00229. The lowest BCUT2D eigenvalue weighted by Crippen LogP contribution is -2.27. The quantitative estimate of drug-likeness (QED) is 0.942. The van der Waals surface area contributed by atoms with E-state index in [0.717, 1.165) is 28.9 Å². The number of nitrogens with one attached hydrogen (secondary N) is 1. The third-order valence-electron chi connectivity index (χ3n) is 4.15. The van der Waals surface area contributed by atoms with E-state index in [9.17, 15) is 9.59 Å². The van der Waals surface area contributed by atoms with Crippen LogP contribution in [-0.2, 0) is 11.2 Å². The van der Waals surface area contributed by atoms with Gasteiger partial charge in [0.1, 0.15) is 0 Å². The van der Waals surface area contributed by atoms with Crippen LogP contribution < -0.4 is 10.2 Å². The van der Waals surface area contributed by atoms with Crippen molar-refractivity contribution < 1.29 is 9.59 Å². The number of aryl methyl sites for hydroxylation is 1. The summed E-state index contributed by atoms with van der Waals surface area (Å²) in [6.07, 6.45) is 1.29. The Balaban J connectivity index is 1.78. The molecule has 0 saturated heterocycles. The van der Waals surface area contributed by atoms with Gasteiger partial charge >= 0.3 is 0 Å². The normalized spacial score (nSPS) is 12.9. The van der Waals surface area contributed by atoms with Crippen molar-refractivity contribution in [2.24, 2.45) is 0 Å². The van der Waals surface area contributed by atoms with E-state index >= 15 is 0 Å². The molecule has 0 aromatic heterocycles. The van der Waals surface area contributed by atoms with Crippen LogP contribution >= 0.6 is 0 Å². The highest BCUT2D eigenvalue weighted by Crippen LogP contribution is 2.29. The highest BCUT2D eigenvalue weighted by molar-refractivity contribution is 6.05. The average molecular weight is 308 g/mol. The minimum atomic E-state index is -0.128. The molecule has 0 atom stereocenters. The summed E-state index contributed by atoms with van der Waals surface area (Å²) in [5, 5.41) is 2.90. The topological polar surface area (TPSA) is 49.4 Å². The zero-order valence-electron chi connectivity index (χ0n) is 13.4. The summed E-state index contributed by atoms with van der Waals surface area (Å²) in [6, 6.07) is 13.3. The van der Waals surface area contributed by atoms with Crippen LogP contribution in [0.4, 0.5) is 11.4 Å². The van der Waals surface area contributed by atoms with E-state index < -0.39 is 0 Å². The molecule has 0 fully saturated rings. The Labute approximate surface area is 136 Å². The molecule has 4 nitrogen and oxygen atoms in total. The molecular formula is C19H20N2O2. The largest absolute Gasteiger partial charge is 0.322 e. The molecule has 23 heavy (non-hydrogen) atoms. The molecule has 0 unspecified atom stereocenters. The standard InChI is InChI=1S/C19H20N2O2/c1-3-18(22)21-11-10-14-12-15(6-9-17(14)21)19(23)20-16-7-4-13(2)5-8-16/h4-9,12H,3,10-11H2,1-2H3,(H,20,23). The monoisotopic (exact) mass is 308 g/mol. The Bertz CT molecular complexity index is 750. The predicted octanol–water partition coefficient (Wildman–Crippen LogP) is 3.55. The molecule has 4 heteroatoms. The first-order valence-electron chi connectivity index (χ1n) is 7.90. The number of hydrogen-bond acceptors (Lipinski definition) is 2. The summed E-state index contributed by atoms with van der Waals surface area (Å²) in [7, 11) is 0. The Morgan fingerprint density at radius 2 is 1.87 bits per heavy atom. The minimum Gasteiger partial charge on any atom is -0.322 e. The molecule has 0 bridgehead atoms. The Morgan fingerprint density at radius 1 is 1.13 bits per heavy atom. The fourth-order valence-corrected chi connectivity index (χ4v) is 2.83. The molecule has 0 saturated carbocycles. The van der Waals surface area contributed by atoms with Crippen molar-refractivity contribution in [2.45, 2.75) is 26.7 Å². The lowest BCUT2D eigenvalue weighted by Gasteiger charge is -2.16. The van der Waals surface area contributed by atoms with Gasteiger partial charge in [-0.15, -0.1) is 0 Å². The van der Waals surface area contributed by atoms with Gasteiger partial charge in [0, 0.05) is 29.9 Å². The van der Waals surface area contributed by atoms with Gasteiger partial charge in [0.05, 0.1) is 0 Å². The number of anilines is 2. The maximum absolute atomic E-state index is 12.4. The van der Waals surface area contributed by atoms with Crippen LogP contribution in [0, 0.1) is 6.92 Å². The molecule has 1 heterocycles. The third kappa shape index (κ3) is 3.11. The maximum Gasteiger partial charge on any atom is 0.255 e. The molecule has 2 aromatic rings. The van der Waals surface area contributed by atoms with E-state index in [2.05, 4.69) is 5.32 Å². The van der Waals surface area contributed by atoms with Crippen LogP contribution in [0.1, 0.15) is 34.8 Å². The number of carbonyl (C=O) groups is 2. The molecular weight excluding hydrogens is 288 g/mol. The Kier molecular flexibility index (Phi) is 4.15. The first-order valence-corrected chi connectivity index (χ1v) is 7.90. The number of hydrogen-bond donors (Lipinski definition) is 1. The lowest BCUT2D eigenvalue weighted by atomic mass is 10.1. The van der Waals surface area contributed by atoms with E-state index in [1.807, 2.05) is 50.2 Å². The fraction of sp³-hybridized carbons (Fsp3) is 0.263. The molecule has 0 radical (unpaired) electrons. The van der Waals surface area contributed by atoms with Crippen molar-refractivity contribution in [3.8, 4) is 0 Å². The Hall–Kier alpha value is -2.62. The first kappa shape index (κ1) is 15.3. The van der Waals surface area contributed by atoms with Crippen molar-refractivity contribution in [3.05, 3.63) is 59.2 Å². The van der Waals surface area contributed by atoms with Gasteiger partial charge in [-0.2, -0.15) is 0 Å². The van der Waals surface area contributed by atoms with Gasteiger partial charge in [-0.05, 0) is 49.2 Å². The molecule has 118 valence electrons. The highest BCUT2D eigenvalue weighted by Gasteiger charge is 2.24. The summed E-state index contributed by atoms with van der Waals surface area (Å²) in [4.78, 5) is 26.1. The summed E-state index contributed by atoms with van der Waals surface area (Å²) < 4.78 is 0. The Morgan fingerprint density at radius 3 is 2.57 bits per heavy atom. The minimum absolute atomic E-state index is 0.126. The van der Waals surface area contributed by atoms with Crippen LogP contribution in [0.5, 0.6) is 0 Å². The second-order valence-electron chi connectivity index (χ2n) is 5.81. The van der Waals surface area contributed by atoms with Crippen molar-refractivity contribution in [3.63, 3.8) is 0 Å². The number of benzene rings is 2. The molecule has 1 aliphatic rings. The van der Waals surface area contributed by atoms with Crippen LogP contribution in [0.2, 0.25) is 0 Å². The smallest absolute Gasteiger partial charge is 0.255 e. The number of amides is 2. The molecule has 1 N–H and O–H groups in total. The van der Waals surface area contributed by atoms with E-state index in [0.29, 0.717) is 18.5 Å². The summed E-state index contributed by atoms with van der Waals surface area (Å²) >= 11 is 0. The number of carbonyl (C=O) groups excluding carboxylic acids is 2. The first-order chi connectivity index (χ1) is 11.1. The van der Waals surface area contributed by atoms with Crippen molar-refractivity contribution >= 4 is 23.2 Å². The average Bonchev–Trinajstić information content (AvgIpc) is 2.99. The van der Waals surface area contributed by atoms with Crippen LogP contribution in [-0.4, -0.2) is 18.4 Å². The zero-order valence-corrected chi connectivity index (χ0v) is 13.4. The van der Waals surface area contributed by atoms with Crippen LogP contribution in [0.3, 0.4) is 0 Å². The summed E-state index contributed by atoms with van der Waals surface area (Å²) in [6.45, 7) is 4.57. The molecule has 0 spiro atoms. The van der Waals surface area contributed by atoms with Gasteiger partial charge < -0.3 is 10.2 Å². The van der Waals surface area contributed by atoms with Gasteiger partial charge in [0.15, 0.2) is 0 Å². The van der Waals surface area contributed by atoms with Crippen LogP contribution in [0.15, 0.2) is 42.5 Å². The van der Waals surface area contributed by atoms with Gasteiger partial charge in [0.25, 0.3) is 5.91 Å². The second kappa shape index (κ2) is 6.24. The van der Waals surface area contributed by atoms with Crippen LogP contribution in [0.25, 0.3) is 0 Å². The molecule has 1 aliphatic heterocycles. The van der Waals surface area contributed by atoms with Crippen molar-refractivity contribution in [2.75, 3.05) is 16.8 Å². The van der Waals surface area contributed by atoms with E-state index in [1.54, 1.807) is 11.0 Å². The highest BCUT2D eigenvalue weighted by atomic mass is 16.2. The van der Waals surface area contributed by atoms with E-state index in [-0.39, 0.29) is 11.8 Å². The lowest BCUT2D eigenvalue weighted by molar-refractivity contribution is -0.118. The number of rotatable bonds is 3. The molecule has 2 aromatic carbocycles. The summed E-state index contributed by atoms with van der Waals surface area (Å²) in [5.41, 5.74) is 4.55. The predicted molar refractivity (Wildman–Crippen MR) is 91.9 cm³/mol. The fourth-order valence-electron chi connectivity index (χ4n) is 2.83. The number of fused-ring (bicyclic) bond motifs is 1. The number of nitrogens with zero attached hydrogens (tertiary/aromatic N) is 1. The van der Waals surface area contributed by atoms with E-state index in [4.69, 9.17) is 0 Å². The van der Waals surface area contributed by atoms with Crippen molar-refractivity contribution in [1.29, 1.82) is 0 Å². The zero-order chi connectivity index (χ0) is 16.4. The second-order valence-corrected chi connectivity index (χ2v) is 5.81. The SMILES string of the molecule is CCC(=O)N1CCc2cc(C(=O)Nc3ccc(C)cc3)ccc21. The van der Waals surface area contributed by atoms with Gasteiger partial charge in [-0.1, -0.05) is 24.6 Å². The molecule has 2 amide bonds. The maximum atomic E-state index is 12.4. The third-order valence-corrected chi connectivity index (χ3v) is 4.15. The van der Waals surface area contributed by atoms with Crippen molar-refractivity contribution in [1.82, 2.24) is 0 Å². The molecule has 0 aliphatic carbocycles. The van der Waals surface area contributed by atoms with E-state index in [1.165, 1.54) is 0 Å². The van der Waals surface area contributed by atoms with Gasteiger partial charge in [0.2, 0.25) is 5.91 Å².